The van der Waals surface area contributed by atoms with Crippen molar-refractivity contribution in [2.24, 2.45) is 4.99 Å². The van der Waals surface area contributed by atoms with E-state index < -0.39 is 0 Å². The molecule has 1 aliphatic rings. The number of methoxy groups -OCH3 is 1. The average Bonchev–Trinajstić information content (AvgIpc) is 3.15. The van der Waals surface area contributed by atoms with Crippen molar-refractivity contribution in [1.82, 2.24) is 10.6 Å². The van der Waals surface area contributed by atoms with E-state index in [1.807, 2.05) is 41.3 Å². The Hall–Kier alpha value is -2.73. The molecule has 0 bridgehead atoms. The van der Waals surface area contributed by atoms with Gasteiger partial charge in [-0.05, 0) is 36.2 Å². The Morgan fingerprint density at radius 2 is 1.93 bits per heavy atom. The Labute approximate surface area is 170 Å². The van der Waals surface area contributed by atoms with Crippen LogP contribution >= 0.6 is 11.6 Å². The summed E-state index contributed by atoms with van der Waals surface area (Å²) < 4.78 is 5.37. The summed E-state index contributed by atoms with van der Waals surface area (Å²) >= 11 is 6.01. The number of hydrogen-bond acceptors (Lipinski definition) is 3. The van der Waals surface area contributed by atoms with E-state index in [9.17, 15) is 4.79 Å². The molecule has 0 atom stereocenters. The van der Waals surface area contributed by atoms with Crippen molar-refractivity contribution >= 4 is 29.2 Å². The Balaban J connectivity index is 1.53. The van der Waals surface area contributed by atoms with Crippen molar-refractivity contribution in [3.8, 4) is 5.75 Å². The molecule has 1 amide bonds. The van der Waals surface area contributed by atoms with Crippen LogP contribution in [0.3, 0.4) is 0 Å². The maximum atomic E-state index is 11.8. The van der Waals surface area contributed by atoms with E-state index in [1.54, 1.807) is 20.2 Å². The zero-order valence-electron chi connectivity index (χ0n) is 16.2. The standard InChI is InChI=1S/C21H25ClN4O2/c1-23-21(25-14-16-7-8-17(22)12-19(16)28-2)24-13-15-5-9-18(10-6-15)26-11-3-4-20(26)27/h5-10,12H,3-4,11,13-14H2,1-2H3,(H2,23,24,25). The summed E-state index contributed by atoms with van der Waals surface area (Å²) in [7, 11) is 3.36. The number of ether oxygens (including phenoxy) is 1. The van der Waals surface area contributed by atoms with E-state index in [-0.39, 0.29) is 5.91 Å². The lowest BCUT2D eigenvalue weighted by Gasteiger charge is -2.17. The molecule has 0 unspecified atom stereocenters. The van der Waals surface area contributed by atoms with Crippen molar-refractivity contribution in [1.29, 1.82) is 0 Å². The Bertz CT molecular complexity index is 852. The average molecular weight is 401 g/mol. The number of halogens is 1. The third-order valence-corrected chi connectivity index (χ3v) is 4.94. The highest BCUT2D eigenvalue weighted by atomic mass is 35.5. The third-order valence-electron chi connectivity index (χ3n) is 4.70. The second-order valence-corrected chi connectivity index (χ2v) is 6.99. The number of aliphatic imine (C=N–C) groups is 1. The van der Waals surface area contributed by atoms with Crippen LogP contribution in [-0.2, 0) is 17.9 Å². The van der Waals surface area contributed by atoms with Crippen molar-refractivity contribution in [3.63, 3.8) is 0 Å². The summed E-state index contributed by atoms with van der Waals surface area (Å²) in [5.74, 6) is 1.63. The van der Waals surface area contributed by atoms with Gasteiger partial charge >= 0.3 is 0 Å². The largest absolute Gasteiger partial charge is 0.496 e. The monoisotopic (exact) mass is 400 g/mol. The maximum absolute atomic E-state index is 11.8. The normalized spacial score (nSPS) is 14.3. The summed E-state index contributed by atoms with van der Waals surface area (Å²) in [5.41, 5.74) is 3.07. The van der Waals surface area contributed by atoms with E-state index >= 15 is 0 Å². The van der Waals surface area contributed by atoms with Crippen molar-refractivity contribution in [2.75, 3.05) is 25.6 Å². The highest BCUT2D eigenvalue weighted by molar-refractivity contribution is 6.30. The van der Waals surface area contributed by atoms with E-state index in [4.69, 9.17) is 16.3 Å². The molecule has 1 aliphatic heterocycles. The number of carbonyl (C=O) groups is 1. The van der Waals surface area contributed by atoms with E-state index in [1.165, 1.54) is 0 Å². The van der Waals surface area contributed by atoms with Crippen LogP contribution in [0.25, 0.3) is 0 Å². The fourth-order valence-corrected chi connectivity index (χ4v) is 3.33. The molecule has 28 heavy (non-hydrogen) atoms. The molecule has 0 radical (unpaired) electrons. The first kappa shape index (κ1) is 20.0. The molecular weight excluding hydrogens is 376 g/mol. The molecule has 6 nitrogen and oxygen atoms in total. The first-order valence-electron chi connectivity index (χ1n) is 9.27. The lowest BCUT2D eigenvalue weighted by Crippen LogP contribution is -2.36. The number of benzene rings is 2. The van der Waals surface area contributed by atoms with Crippen LogP contribution < -0.4 is 20.3 Å². The van der Waals surface area contributed by atoms with Gasteiger partial charge in [0.25, 0.3) is 0 Å². The summed E-state index contributed by atoms with van der Waals surface area (Å²) in [5, 5.41) is 7.21. The summed E-state index contributed by atoms with van der Waals surface area (Å²) in [6.45, 7) is 2.00. The first-order chi connectivity index (χ1) is 13.6. The minimum atomic E-state index is 0.202. The molecule has 148 valence electrons. The van der Waals surface area contributed by atoms with E-state index in [0.717, 1.165) is 35.5 Å². The smallest absolute Gasteiger partial charge is 0.227 e. The van der Waals surface area contributed by atoms with Crippen molar-refractivity contribution in [2.45, 2.75) is 25.9 Å². The van der Waals surface area contributed by atoms with Gasteiger partial charge < -0.3 is 20.3 Å². The molecule has 7 heteroatoms. The quantitative estimate of drug-likeness (QED) is 0.576. The second kappa shape index (κ2) is 9.46. The van der Waals surface area contributed by atoms with Crippen LogP contribution in [-0.4, -0.2) is 32.6 Å². The molecule has 1 saturated heterocycles. The van der Waals surface area contributed by atoms with Crippen LogP contribution in [0.15, 0.2) is 47.5 Å². The number of hydrogen-bond donors (Lipinski definition) is 2. The summed E-state index contributed by atoms with van der Waals surface area (Å²) in [6.07, 6.45) is 1.58. The molecule has 0 aliphatic carbocycles. The van der Waals surface area contributed by atoms with E-state index in [2.05, 4.69) is 15.6 Å². The first-order valence-corrected chi connectivity index (χ1v) is 9.64. The van der Waals surface area contributed by atoms with Gasteiger partial charge in [0, 0.05) is 49.4 Å². The predicted molar refractivity (Wildman–Crippen MR) is 113 cm³/mol. The zero-order chi connectivity index (χ0) is 19.9. The lowest BCUT2D eigenvalue weighted by atomic mass is 10.2. The third kappa shape index (κ3) is 4.95. The molecule has 2 aromatic rings. The van der Waals surface area contributed by atoms with Crippen LogP contribution in [0, 0.1) is 0 Å². The van der Waals surface area contributed by atoms with Crippen molar-refractivity contribution < 1.29 is 9.53 Å². The highest BCUT2D eigenvalue weighted by Crippen LogP contribution is 2.23. The predicted octanol–water partition coefficient (Wildman–Crippen LogP) is 3.34. The molecule has 1 fully saturated rings. The lowest BCUT2D eigenvalue weighted by molar-refractivity contribution is -0.117. The number of rotatable bonds is 6. The van der Waals surface area contributed by atoms with Gasteiger partial charge in [-0.3, -0.25) is 9.79 Å². The summed E-state index contributed by atoms with van der Waals surface area (Å²) in [6, 6.07) is 13.6. The number of carbonyl (C=O) groups excluding carboxylic acids is 1. The van der Waals surface area contributed by atoms with Gasteiger partial charge in [0.05, 0.1) is 7.11 Å². The number of anilines is 1. The molecule has 2 aromatic carbocycles. The highest BCUT2D eigenvalue weighted by Gasteiger charge is 2.21. The topological polar surface area (TPSA) is 66.0 Å². The van der Waals surface area contributed by atoms with Crippen LogP contribution in [0.1, 0.15) is 24.0 Å². The van der Waals surface area contributed by atoms with Gasteiger partial charge in [-0.25, -0.2) is 0 Å². The molecule has 3 rings (SSSR count). The number of amides is 1. The molecule has 0 aromatic heterocycles. The zero-order valence-corrected chi connectivity index (χ0v) is 16.9. The number of nitrogens with zero attached hydrogens (tertiary/aromatic N) is 2. The molecule has 2 N–H and O–H groups in total. The van der Waals surface area contributed by atoms with Crippen LogP contribution in [0.4, 0.5) is 5.69 Å². The second-order valence-electron chi connectivity index (χ2n) is 6.55. The maximum Gasteiger partial charge on any atom is 0.227 e. The fraction of sp³-hybridized carbons (Fsp3) is 0.333. The van der Waals surface area contributed by atoms with Crippen molar-refractivity contribution in [3.05, 3.63) is 58.6 Å². The van der Waals surface area contributed by atoms with Crippen LogP contribution in [0.5, 0.6) is 5.75 Å². The Morgan fingerprint density at radius 3 is 2.57 bits per heavy atom. The van der Waals surface area contributed by atoms with Gasteiger partial charge in [0.2, 0.25) is 5.91 Å². The minimum Gasteiger partial charge on any atom is -0.496 e. The van der Waals surface area contributed by atoms with Gasteiger partial charge in [0.15, 0.2) is 5.96 Å². The Kier molecular flexibility index (Phi) is 6.76. The van der Waals surface area contributed by atoms with E-state index in [0.29, 0.717) is 30.5 Å². The summed E-state index contributed by atoms with van der Waals surface area (Å²) in [4.78, 5) is 17.9. The van der Waals surface area contributed by atoms with Gasteiger partial charge in [-0.15, -0.1) is 0 Å². The molecule has 0 saturated carbocycles. The van der Waals surface area contributed by atoms with Gasteiger partial charge in [0.1, 0.15) is 5.75 Å². The fourth-order valence-electron chi connectivity index (χ4n) is 3.16. The SMILES string of the molecule is CN=C(NCc1ccc(N2CCCC2=O)cc1)NCc1ccc(Cl)cc1OC. The Morgan fingerprint density at radius 1 is 1.18 bits per heavy atom. The molecule has 0 spiro atoms. The van der Waals surface area contributed by atoms with Gasteiger partial charge in [-0.2, -0.15) is 0 Å². The van der Waals surface area contributed by atoms with Crippen LogP contribution in [0.2, 0.25) is 5.02 Å². The molecule has 1 heterocycles. The van der Waals surface area contributed by atoms with Gasteiger partial charge in [-0.1, -0.05) is 29.8 Å². The number of guanidine groups is 1. The minimum absolute atomic E-state index is 0.202. The number of nitrogens with one attached hydrogen (secondary N) is 2. The molecular formula is C21H25ClN4O2.